The first-order valence-electron chi connectivity index (χ1n) is 6.54. The fraction of sp³-hybridized carbons (Fsp3) is 0.571. The van der Waals surface area contributed by atoms with Gasteiger partial charge in [-0.2, -0.15) is 0 Å². The molecule has 5 heteroatoms. The van der Waals surface area contributed by atoms with Crippen LogP contribution in [-0.4, -0.2) is 18.6 Å². The quantitative estimate of drug-likeness (QED) is 0.555. The second-order valence-electron chi connectivity index (χ2n) is 4.48. The molecule has 0 aromatic heterocycles. The van der Waals surface area contributed by atoms with Crippen LogP contribution in [0.5, 0.6) is 11.5 Å². The van der Waals surface area contributed by atoms with Crippen molar-refractivity contribution >= 4 is 5.69 Å². The SMILES string of the molecule is CCCOc1cc([N+](=O)[O-])c(C(C)CC)cc1OC. The molecule has 0 spiro atoms. The minimum Gasteiger partial charge on any atom is -0.493 e. The average molecular weight is 267 g/mol. The molecule has 0 heterocycles. The number of benzene rings is 1. The van der Waals surface area contributed by atoms with Crippen LogP contribution in [0.3, 0.4) is 0 Å². The van der Waals surface area contributed by atoms with E-state index < -0.39 is 0 Å². The molecule has 0 aliphatic rings. The maximum Gasteiger partial charge on any atom is 0.276 e. The Morgan fingerprint density at radius 1 is 1.32 bits per heavy atom. The molecular weight excluding hydrogens is 246 g/mol. The Hall–Kier alpha value is -1.78. The summed E-state index contributed by atoms with van der Waals surface area (Å²) in [5.41, 5.74) is 0.787. The van der Waals surface area contributed by atoms with Crippen molar-refractivity contribution in [2.45, 2.75) is 39.5 Å². The number of hydrogen-bond acceptors (Lipinski definition) is 4. The molecule has 1 atom stereocenters. The zero-order chi connectivity index (χ0) is 14.4. The average Bonchev–Trinajstić information content (AvgIpc) is 2.42. The Kier molecular flexibility index (Phi) is 5.60. The first-order chi connectivity index (χ1) is 9.04. The third kappa shape index (κ3) is 3.59. The molecule has 0 saturated carbocycles. The molecule has 1 rings (SSSR count). The van der Waals surface area contributed by atoms with Gasteiger partial charge in [0.05, 0.1) is 24.7 Å². The van der Waals surface area contributed by atoms with E-state index >= 15 is 0 Å². The Balaban J connectivity index is 3.29. The highest BCUT2D eigenvalue weighted by molar-refractivity contribution is 5.55. The van der Waals surface area contributed by atoms with Crippen molar-refractivity contribution in [1.82, 2.24) is 0 Å². The molecule has 0 radical (unpaired) electrons. The number of hydrogen-bond donors (Lipinski definition) is 0. The van der Waals surface area contributed by atoms with Crippen molar-refractivity contribution in [3.05, 3.63) is 27.8 Å². The molecule has 1 aromatic rings. The highest BCUT2D eigenvalue weighted by atomic mass is 16.6. The summed E-state index contributed by atoms with van der Waals surface area (Å²) in [5.74, 6) is 1.09. The van der Waals surface area contributed by atoms with Gasteiger partial charge in [-0.3, -0.25) is 10.1 Å². The minimum atomic E-state index is -0.361. The van der Waals surface area contributed by atoms with Gasteiger partial charge in [0, 0.05) is 5.56 Å². The predicted molar refractivity (Wildman–Crippen MR) is 74.1 cm³/mol. The van der Waals surface area contributed by atoms with Crippen LogP contribution in [0.2, 0.25) is 0 Å². The van der Waals surface area contributed by atoms with E-state index in [2.05, 4.69) is 0 Å². The second kappa shape index (κ2) is 6.97. The second-order valence-corrected chi connectivity index (χ2v) is 4.48. The lowest BCUT2D eigenvalue weighted by molar-refractivity contribution is -0.385. The van der Waals surface area contributed by atoms with Crippen LogP contribution < -0.4 is 9.47 Å². The molecular formula is C14H21NO4. The van der Waals surface area contributed by atoms with E-state index in [-0.39, 0.29) is 16.5 Å². The molecule has 1 unspecified atom stereocenters. The third-order valence-corrected chi connectivity index (χ3v) is 3.11. The van der Waals surface area contributed by atoms with E-state index in [4.69, 9.17) is 9.47 Å². The van der Waals surface area contributed by atoms with Crippen LogP contribution in [0.1, 0.15) is 45.1 Å². The maximum absolute atomic E-state index is 11.2. The van der Waals surface area contributed by atoms with Gasteiger partial charge in [-0.25, -0.2) is 0 Å². The van der Waals surface area contributed by atoms with Gasteiger partial charge in [0.2, 0.25) is 0 Å². The first-order valence-corrected chi connectivity index (χ1v) is 6.54. The lowest BCUT2D eigenvalue weighted by Gasteiger charge is -2.15. The molecule has 0 aliphatic carbocycles. The van der Waals surface area contributed by atoms with Gasteiger partial charge < -0.3 is 9.47 Å². The van der Waals surface area contributed by atoms with Crippen LogP contribution in [0, 0.1) is 10.1 Å². The number of methoxy groups -OCH3 is 1. The van der Waals surface area contributed by atoms with Crippen LogP contribution in [0.4, 0.5) is 5.69 Å². The summed E-state index contributed by atoms with van der Waals surface area (Å²) in [4.78, 5) is 10.8. The first kappa shape index (κ1) is 15.3. The number of nitrogens with zero attached hydrogens (tertiary/aromatic N) is 1. The van der Waals surface area contributed by atoms with E-state index in [1.165, 1.54) is 6.07 Å². The molecule has 19 heavy (non-hydrogen) atoms. The van der Waals surface area contributed by atoms with Gasteiger partial charge in [0.1, 0.15) is 0 Å². The topological polar surface area (TPSA) is 61.6 Å². The molecule has 0 N–H and O–H groups in total. The summed E-state index contributed by atoms with van der Waals surface area (Å²) < 4.78 is 10.8. The van der Waals surface area contributed by atoms with E-state index in [1.54, 1.807) is 13.2 Å². The summed E-state index contributed by atoms with van der Waals surface area (Å²) >= 11 is 0. The molecule has 0 amide bonds. The Morgan fingerprint density at radius 2 is 2.00 bits per heavy atom. The summed E-state index contributed by atoms with van der Waals surface area (Å²) in [6.45, 7) is 6.46. The van der Waals surface area contributed by atoms with Gasteiger partial charge in [0.15, 0.2) is 11.5 Å². The molecule has 0 aliphatic heterocycles. The smallest absolute Gasteiger partial charge is 0.276 e. The zero-order valence-electron chi connectivity index (χ0n) is 11.9. The Morgan fingerprint density at radius 3 is 2.47 bits per heavy atom. The van der Waals surface area contributed by atoms with E-state index in [0.29, 0.717) is 23.7 Å². The van der Waals surface area contributed by atoms with Crippen LogP contribution in [0.25, 0.3) is 0 Å². The molecule has 1 aromatic carbocycles. The lowest BCUT2D eigenvalue weighted by atomic mass is 9.96. The molecule has 5 nitrogen and oxygen atoms in total. The normalized spacial score (nSPS) is 12.0. The zero-order valence-corrected chi connectivity index (χ0v) is 11.9. The summed E-state index contributed by atoms with van der Waals surface area (Å²) in [7, 11) is 1.54. The highest BCUT2D eigenvalue weighted by Gasteiger charge is 2.22. The monoisotopic (exact) mass is 267 g/mol. The van der Waals surface area contributed by atoms with Crippen molar-refractivity contribution in [2.24, 2.45) is 0 Å². The van der Waals surface area contributed by atoms with Crippen molar-refractivity contribution < 1.29 is 14.4 Å². The molecule has 0 saturated heterocycles. The molecule has 106 valence electrons. The number of rotatable bonds is 7. The van der Waals surface area contributed by atoms with Crippen molar-refractivity contribution in [3.8, 4) is 11.5 Å². The molecule has 0 bridgehead atoms. The summed E-state index contributed by atoms with van der Waals surface area (Å²) in [6, 6.07) is 3.19. The third-order valence-electron chi connectivity index (χ3n) is 3.11. The largest absolute Gasteiger partial charge is 0.493 e. The Labute approximate surface area is 113 Å². The maximum atomic E-state index is 11.2. The highest BCUT2D eigenvalue weighted by Crippen LogP contribution is 2.38. The van der Waals surface area contributed by atoms with Crippen LogP contribution in [0.15, 0.2) is 12.1 Å². The van der Waals surface area contributed by atoms with Crippen molar-refractivity contribution in [2.75, 3.05) is 13.7 Å². The van der Waals surface area contributed by atoms with Crippen molar-refractivity contribution in [3.63, 3.8) is 0 Å². The Bertz CT molecular complexity index is 445. The fourth-order valence-corrected chi connectivity index (χ4v) is 1.82. The van der Waals surface area contributed by atoms with Gasteiger partial charge >= 0.3 is 0 Å². The minimum absolute atomic E-state index is 0.0984. The summed E-state index contributed by atoms with van der Waals surface area (Å²) in [6.07, 6.45) is 1.67. The van der Waals surface area contributed by atoms with E-state index in [0.717, 1.165) is 12.8 Å². The number of nitro benzene ring substituents is 1. The van der Waals surface area contributed by atoms with E-state index in [1.807, 2.05) is 20.8 Å². The number of nitro groups is 1. The fourth-order valence-electron chi connectivity index (χ4n) is 1.82. The van der Waals surface area contributed by atoms with Crippen molar-refractivity contribution in [1.29, 1.82) is 0 Å². The van der Waals surface area contributed by atoms with Crippen LogP contribution in [-0.2, 0) is 0 Å². The number of ether oxygens (including phenoxy) is 2. The summed E-state index contributed by atoms with van der Waals surface area (Å²) in [5, 5.41) is 11.2. The van der Waals surface area contributed by atoms with Gasteiger partial charge in [-0.05, 0) is 24.8 Å². The van der Waals surface area contributed by atoms with Gasteiger partial charge in [0.25, 0.3) is 5.69 Å². The van der Waals surface area contributed by atoms with Gasteiger partial charge in [-0.1, -0.05) is 20.8 Å². The molecule has 0 fully saturated rings. The standard InChI is InChI=1S/C14H21NO4/c1-5-7-19-14-9-12(15(16)17)11(10(3)6-2)8-13(14)18-4/h8-10H,5-7H2,1-4H3. The van der Waals surface area contributed by atoms with Crippen LogP contribution >= 0.6 is 0 Å². The van der Waals surface area contributed by atoms with E-state index in [9.17, 15) is 10.1 Å². The predicted octanol–water partition coefficient (Wildman–Crippen LogP) is 3.91. The lowest BCUT2D eigenvalue weighted by Crippen LogP contribution is -2.03. The van der Waals surface area contributed by atoms with Gasteiger partial charge in [-0.15, -0.1) is 0 Å².